The number of rotatable bonds is 4. The molecule has 1 heterocycles. The van der Waals surface area contributed by atoms with Crippen molar-refractivity contribution >= 4 is 39.3 Å². The lowest BCUT2D eigenvalue weighted by Gasteiger charge is -2.10. The third-order valence-corrected chi connectivity index (χ3v) is 4.39. The summed E-state index contributed by atoms with van der Waals surface area (Å²) in [5.41, 5.74) is 6.67. The molecule has 0 saturated carbocycles. The van der Waals surface area contributed by atoms with Crippen molar-refractivity contribution in [3.8, 4) is 0 Å². The van der Waals surface area contributed by atoms with Crippen LogP contribution >= 0.6 is 27.7 Å². The van der Waals surface area contributed by atoms with Gasteiger partial charge in [0, 0.05) is 15.1 Å². The number of nitrogen functional groups attached to an aromatic ring is 1. The van der Waals surface area contributed by atoms with Crippen molar-refractivity contribution in [1.82, 2.24) is 0 Å². The Kier molecular flexibility index (Phi) is 4.77. The van der Waals surface area contributed by atoms with Crippen LogP contribution in [0.5, 0.6) is 0 Å². The molecule has 0 bridgehead atoms. The summed E-state index contributed by atoms with van der Waals surface area (Å²) in [4.78, 5) is 12.3. The van der Waals surface area contributed by atoms with Crippen molar-refractivity contribution in [2.75, 3.05) is 12.8 Å². The smallest absolute Gasteiger partial charge is 0.373 e. The van der Waals surface area contributed by atoms with E-state index < -0.39 is 5.97 Å². The fourth-order valence-corrected chi connectivity index (χ4v) is 3.00. The molecule has 1 atom stereocenters. The van der Waals surface area contributed by atoms with Gasteiger partial charge in [-0.15, -0.1) is 11.8 Å². The van der Waals surface area contributed by atoms with E-state index in [0.717, 1.165) is 9.37 Å². The van der Waals surface area contributed by atoms with Gasteiger partial charge >= 0.3 is 5.97 Å². The van der Waals surface area contributed by atoms with Crippen LogP contribution in [0.4, 0.5) is 5.69 Å². The second kappa shape index (κ2) is 6.37. The normalized spacial score (nSPS) is 12.2. The van der Waals surface area contributed by atoms with Gasteiger partial charge in [-0.2, -0.15) is 0 Å². The molecule has 1 aromatic carbocycles. The van der Waals surface area contributed by atoms with E-state index >= 15 is 0 Å². The Morgan fingerprint density at radius 2 is 2.15 bits per heavy atom. The number of carbonyl (C=O) groups excluding carboxylic acids is 1. The van der Waals surface area contributed by atoms with E-state index in [1.54, 1.807) is 23.9 Å². The van der Waals surface area contributed by atoms with Crippen molar-refractivity contribution < 1.29 is 13.9 Å². The molecular weight excluding hydrogens is 342 g/mol. The number of ether oxygens (including phenoxy) is 1. The summed E-state index contributed by atoms with van der Waals surface area (Å²) in [5.74, 6) is 0.438. The minimum Gasteiger partial charge on any atom is -0.463 e. The van der Waals surface area contributed by atoms with E-state index in [0.29, 0.717) is 11.4 Å². The Hall–Kier alpha value is -1.40. The monoisotopic (exact) mass is 355 g/mol. The fourth-order valence-electron chi connectivity index (χ4n) is 1.66. The first-order valence-electron chi connectivity index (χ1n) is 5.91. The molecule has 2 N–H and O–H groups in total. The lowest BCUT2D eigenvalue weighted by molar-refractivity contribution is 0.0563. The highest BCUT2D eigenvalue weighted by Gasteiger charge is 2.17. The van der Waals surface area contributed by atoms with Gasteiger partial charge in [-0.25, -0.2) is 4.79 Å². The molecule has 0 amide bonds. The minimum absolute atomic E-state index is 0.0388. The highest BCUT2D eigenvalue weighted by atomic mass is 79.9. The lowest BCUT2D eigenvalue weighted by Crippen LogP contribution is -1.98. The number of carbonyl (C=O) groups is 1. The van der Waals surface area contributed by atoms with Gasteiger partial charge in [0.1, 0.15) is 5.76 Å². The first kappa shape index (κ1) is 15.0. The summed E-state index contributed by atoms with van der Waals surface area (Å²) in [6, 6.07) is 9.14. The molecule has 0 saturated heterocycles. The Morgan fingerprint density at radius 1 is 1.40 bits per heavy atom. The largest absolute Gasteiger partial charge is 0.463 e. The molecule has 2 rings (SSSR count). The van der Waals surface area contributed by atoms with Crippen molar-refractivity contribution in [1.29, 1.82) is 0 Å². The lowest BCUT2D eigenvalue weighted by atomic mass is 10.3. The Balaban J connectivity index is 2.13. The average Bonchev–Trinajstić information content (AvgIpc) is 2.90. The van der Waals surface area contributed by atoms with Crippen LogP contribution in [0.25, 0.3) is 0 Å². The standard InChI is InChI=1S/C14H14BrNO3S/c1-8(11-4-5-12(19-11)14(17)18-2)20-13-6-3-9(15)7-10(13)16/h3-8H,16H2,1-2H3. The second-order valence-electron chi connectivity index (χ2n) is 4.14. The van der Waals surface area contributed by atoms with Gasteiger partial charge in [-0.3, -0.25) is 0 Å². The van der Waals surface area contributed by atoms with Crippen LogP contribution < -0.4 is 5.73 Å². The molecule has 4 nitrogen and oxygen atoms in total. The summed E-state index contributed by atoms with van der Waals surface area (Å²) < 4.78 is 11.0. The van der Waals surface area contributed by atoms with Crippen LogP contribution in [-0.4, -0.2) is 13.1 Å². The van der Waals surface area contributed by atoms with Crippen molar-refractivity contribution in [3.63, 3.8) is 0 Å². The zero-order chi connectivity index (χ0) is 14.7. The van der Waals surface area contributed by atoms with Crippen molar-refractivity contribution in [2.45, 2.75) is 17.1 Å². The predicted octanol–water partition coefficient (Wildman–Crippen LogP) is 4.26. The highest BCUT2D eigenvalue weighted by molar-refractivity contribution is 9.10. The SMILES string of the molecule is COC(=O)c1ccc(C(C)Sc2ccc(Br)cc2N)o1. The molecule has 1 unspecified atom stereocenters. The van der Waals surface area contributed by atoms with Crippen molar-refractivity contribution in [2.24, 2.45) is 0 Å². The zero-order valence-electron chi connectivity index (χ0n) is 11.1. The van der Waals surface area contributed by atoms with Gasteiger partial charge in [-0.1, -0.05) is 15.9 Å². The van der Waals surface area contributed by atoms with Gasteiger partial charge < -0.3 is 14.9 Å². The van der Waals surface area contributed by atoms with E-state index in [1.165, 1.54) is 7.11 Å². The third-order valence-electron chi connectivity index (χ3n) is 2.69. The number of esters is 1. The van der Waals surface area contributed by atoms with Crippen LogP contribution in [0, 0.1) is 0 Å². The number of nitrogens with two attached hydrogens (primary N) is 1. The van der Waals surface area contributed by atoms with Gasteiger partial charge in [0.15, 0.2) is 0 Å². The number of halogens is 1. The minimum atomic E-state index is -0.475. The van der Waals surface area contributed by atoms with Crippen LogP contribution in [0.2, 0.25) is 0 Å². The predicted molar refractivity (Wildman–Crippen MR) is 82.9 cm³/mol. The van der Waals surface area contributed by atoms with E-state index in [-0.39, 0.29) is 11.0 Å². The number of thioether (sulfide) groups is 1. The maximum Gasteiger partial charge on any atom is 0.373 e. The first-order valence-corrected chi connectivity index (χ1v) is 7.58. The number of anilines is 1. The second-order valence-corrected chi connectivity index (χ2v) is 6.43. The number of hydrogen-bond donors (Lipinski definition) is 1. The van der Waals surface area contributed by atoms with E-state index in [2.05, 4.69) is 20.7 Å². The number of benzene rings is 1. The highest BCUT2D eigenvalue weighted by Crippen LogP contribution is 2.39. The van der Waals surface area contributed by atoms with Gasteiger partial charge in [0.2, 0.25) is 5.76 Å². The molecule has 0 aliphatic rings. The molecule has 0 fully saturated rings. The molecule has 0 spiro atoms. The summed E-state index contributed by atoms with van der Waals surface area (Å²) in [6.45, 7) is 1.99. The number of methoxy groups -OCH3 is 1. The fraction of sp³-hybridized carbons (Fsp3) is 0.214. The number of hydrogen-bond acceptors (Lipinski definition) is 5. The van der Waals surface area contributed by atoms with Gasteiger partial charge in [0.25, 0.3) is 0 Å². The Bertz CT molecular complexity index is 627. The van der Waals surface area contributed by atoms with E-state index in [9.17, 15) is 4.79 Å². The molecule has 0 aliphatic carbocycles. The summed E-state index contributed by atoms with van der Waals surface area (Å²) in [6.07, 6.45) is 0. The first-order chi connectivity index (χ1) is 9.51. The molecule has 1 aromatic heterocycles. The summed E-state index contributed by atoms with van der Waals surface area (Å²) in [5, 5.41) is 0.0388. The maximum atomic E-state index is 11.4. The molecule has 106 valence electrons. The third kappa shape index (κ3) is 3.37. The zero-order valence-corrected chi connectivity index (χ0v) is 13.5. The van der Waals surface area contributed by atoms with Crippen LogP contribution in [0.15, 0.2) is 44.1 Å². The van der Waals surface area contributed by atoms with E-state index in [4.69, 9.17) is 10.2 Å². The van der Waals surface area contributed by atoms with Gasteiger partial charge in [0.05, 0.1) is 12.4 Å². The molecule has 0 radical (unpaired) electrons. The van der Waals surface area contributed by atoms with Crippen molar-refractivity contribution in [3.05, 3.63) is 46.3 Å². The number of furan rings is 1. The van der Waals surface area contributed by atoms with E-state index in [1.807, 2.05) is 25.1 Å². The maximum absolute atomic E-state index is 11.4. The Morgan fingerprint density at radius 3 is 2.80 bits per heavy atom. The summed E-state index contributed by atoms with van der Waals surface area (Å²) >= 11 is 4.95. The molecular formula is C14H14BrNO3S. The van der Waals surface area contributed by atoms with Gasteiger partial charge in [-0.05, 0) is 37.3 Å². The summed E-state index contributed by atoms with van der Waals surface area (Å²) in [7, 11) is 1.32. The quantitative estimate of drug-likeness (QED) is 0.504. The van der Waals surface area contributed by atoms with Crippen LogP contribution in [0.1, 0.15) is 28.5 Å². The molecule has 20 heavy (non-hydrogen) atoms. The van der Waals surface area contributed by atoms with Crippen LogP contribution in [0.3, 0.4) is 0 Å². The molecule has 2 aromatic rings. The molecule has 0 aliphatic heterocycles. The average molecular weight is 356 g/mol. The topological polar surface area (TPSA) is 65.5 Å². The van der Waals surface area contributed by atoms with Crippen LogP contribution in [-0.2, 0) is 4.74 Å². The molecule has 6 heteroatoms. The Labute approximate surface area is 129 Å².